The highest BCUT2D eigenvalue weighted by Crippen LogP contribution is 2.32. The zero-order chi connectivity index (χ0) is 11.0. The minimum Gasteiger partial charge on any atom is -0.466 e. The Morgan fingerprint density at radius 2 is 1.87 bits per heavy atom. The van der Waals surface area contributed by atoms with Crippen LogP contribution >= 0.6 is 11.6 Å². The van der Waals surface area contributed by atoms with E-state index in [2.05, 4.69) is 0 Å². The van der Waals surface area contributed by atoms with Crippen LogP contribution < -0.4 is 5.73 Å². The third-order valence-corrected chi connectivity index (χ3v) is 2.58. The predicted molar refractivity (Wildman–Crippen MR) is 63.0 cm³/mol. The molecule has 2 N–H and O–H groups in total. The van der Waals surface area contributed by atoms with E-state index in [1.54, 1.807) is 6.07 Å². The van der Waals surface area contributed by atoms with Crippen LogP contribution in [0.2, 0.25) is 5.02 Å². The molecule has 0 aliphatic rings. The normalized spacial score (nSPS) is 10.6. The molecular formula is C12H12ClNO. The standard InChI is InChI=1S/C12H12ClNO/c1-7-5-11(8(2)15-7)10-4-3-9(13)6-12(10)14/h3-6H,14H2,1-2H3. The minimum atomic E-state index is 0.647. The first-order valence-electron chi connectivity index (χ1n) is 4.70. The van der Waals surface area contributed by atoms with E-state index in [-0.39, 0.29) is 0 Å². The fourth-order valence-electron chi connectivity index (χ4n) is 1.68. The van der Waals surface area contributed by atoms with Gasteiger partial charge >= 0.3 is 0 Å². The van der Waals surface area contributed by atoms with Crippen molar-refractivity contribution < 1.29 is 4.42 Å². The van der Waals surface area contributed by atoms with Gasteiger partial charge in [-0.25, -0.2) is 0 Å². The summed E-state index contributed by atoms with van der Waals surface area (Å²) < 4.78 is 5.47. The van der Waals surface area contributed by atoms with Gasteiger partial charge in [-0.1, -0.05) is 17.7 Å². The summed E-state index contributed by atoms with van der Waals surface area (Å²) in [4.78, 5) is 0. The molecule has 0 spiro atoms. The maximum Gasteiger partial charge on any atom is 0.108 e. The first-order valence-corrected chi connectivity index (χ1v) is 5.08. The van der Waals surface area contributed by atoms with Crippen molar-refractivity contribution in [3.05, 3.63) is 40.8 Å². The van der Waals surface area contributed by atoms with Gasteiger partial charge < -0.3 is 10.2 Å². The van der Waals surface area contributed by atoms with Crippen molar-refractivity contribution in [2.45, 2.75) is 13.8 Å². The molecule has 1 aromatic carbocycles. The second kappa shape index (κ2) is 3.63. The molecule has 3 heteroatoms. The van der Waals surface area contributed by atoms with Gasteiger partial charge in [0.15, 0.2) is 0 Å². The lowest BCUT2D eigenvalue weighted by Crippen LogP contribution is -1.89. The summed E-state index contributed by atoms with van der Waals surface area (Å²) in [5, 5.41) is 0.647. The molecule has 2 aromatic rings. The molecule has 0 radical (unpaired) electrons. The van der Waals surface area contributed by atoms with Gasteiger partial charge in [0.1, 0.15) is 11.5 Å². The number of anilines is 1. The van der Waals surface area contributed by atoms with E-state index >= 15 is 0 Å². The number of hydrogen-bond donors (Lipinski definition) is 1. The van der Waals surface area contributed by atoms with Gasteiger partial charge in [0, 0.05) is 21.8 Å². The highest BCUT2D eigenvalue weighted by atomic mass is 35.5. The summed E-state index contributed by atoms with van der Waals surface area (Å²) in [6.45, 7) is 3.85. The predicted octanol–water partition coefficient (Wildman–Crippen LogP) is 3.80. The molecule has 0 unspecified atom stereocenters. The Kier molecular flexibility index (Phi) is 2.45. The second-order valence-electron chi connectivity index (χ2n) is 3.56. The van der Waals surface area contributed by atoms with E-state index < -0.39 is 0 Å². The summed E-state index contributed by atoms with van der Waals surface area (Å²) in [6, 6.07) is 7.47. The molecule has 0 fully saturated rings. The summed E-state index contributed by atoms with van der Waals surface area (Å²) in [5.74, 6) is 1.76. The van der Waals surface area contributed by atoms with Crippen molar-refractivity contribution in [3.63, 3.8) is 0 Å². The number of furan rings is 1. The fraction of sp³-hybridized carbons (Fsp3) is 0.167. The highest BCUT2D eigenvalue weighted by Gasteiger charge is 2.10. The largest absolute Gasteiger partial charge is 0.466 e. The first kappa shape index (κ1) is 10.1. The Labute approximate surface area is 93.7 Å². The molecule has 0 aliphatic heterocycles. The summed E-state index contributed by atoms with van der Waals surface area (Å²) >= 11 is 5.85. The molecule has 0 bridgehead atoms. The topological polar surface area (TPSA) is 39.2 Å². The molecule has 0 amide bonds. The van der Waals surface area contributed by atoms with Crippen LogP contribution in [0.5, 0.6) is 0 Å². The molecule has 78 valence electrons. The van der Waals surface area contributed by atoms with Crippen LogP contribution in [0.4, 0.5) is 5.69 Å². The molecule has 2 rings (SSSR count). The third kappa shape index (κ3) is 1.85. The van der Waals surface area contributed by atoms with Crippen LogP contribution in [0.3, 0.4) is 0 Å². The minimum absolute atomic E-state index is 0.647. The van der Waals surface area contributed by atoms with Gasteiger partial charge in [0.2, 0.25) is 0 Å². The van der Waals surface area contributed by atoms with E-state index in [1.807, 2.05) is 32.0 Å². The van der Waals surface area contributed by atoms with Crippen LogP contribution in [0, 0.1) is 13.8 Å². The number of hydrogen-bond acceptors (Lipinski definition) is 2. The number of aryl methyl sites for hydroxylation is 2. The average Bonchev–Trinajstić information content (AvgIpc) is 2.45. The van der Waals surface area contributed by atoms with Crippen LogP contribution in [0.25, 0.3) is 11.1 Å². The van der Waals surface area contributed by atoms with E-state index in [4.69, 9.17) is 21.8 Å². The number of rotatable bonds is 1. The molecule has 2 nitrogen and oxygen atoms in total. The molecule has 0 aliphatic carbocycles. The molecule has 1 aromatic heterocycles. The van der Waals surface area contributed by atoms with Crippen molar-refractivity contribution in [1.29, 1.82) is 0 Å². The van der Waals surface area contributed by atoms with Crippen LogP contribution in [-0.4, -0.2) is 0 Å². The van der Waals surface area contributed by atoms with Crippen molar-refractivity contribution in [3.8, 4) is 11.1 Å². The second-order valence-corrected chi connectivity index (χ2v) is 3.99. The highest BCUT2D eigenvalue weighted by molar-refractivity contribution is 6.31. The van der Waals surface area contributed by atoms with Gasteiger partial charge in [0.05, 0.1) is 0 Å². The van der Waals surface area contributed by atoms with E-state index in [0.717, 1.165) is 22.6 Å². The molecule has 0 saturated carbocycles. The number of benzene rings is 1. The van der Waals surface area contributed by atoms with E-state index in [0.29, 0.717) is 10.7 Å². The van der Waals surface area contributed by atoms with Crippen molar-refractivity contribution >= 4 is 17.3 Å². The monoisotopic (exact) mass is 221 g/mol. The van der Waals surface area contributed by atoms with Crippen molar-refractivity contribution in [2.75, 3.05) is 5.73 Å². The van der Waals surface area contributed by atoms with Gasteiger partial charge in [-0.05, 0) is 32.0 Å². The molecular weight excluding hydrogens is 210 g/mol. The number of halogens is 1. The zero-order valence-corrected chi connectivity index (χ0v) is 9.43. The molecule has 1 heterocycles. The Balaban J connectivity index is 2.59. The maximum atomic E-state index is 5.91. The Bertz CT molecular complexity index is 502. The Morgan fingerprint density at radius 1 is 1.13 bits per heavy atom. The van der Waals surface area contributed by atoms with Gasteiger partial charge in [0.25, 0.3) is 0 Å². The Morgan fingerprint density at radius 3 is 2.40 bits per heavy atom. The summed E-state index contributed by atoms with van der Waals surface area (Å²) in [6.07, 6.45) is 0. The average molecular weight is 222 g/mol. The lowest BCUT2D eigenvalue weighted by atomic mass is 10.0. The lowest BCUT2D eigenvalue weighted by Gasteiger charge is -2.04. The van der Waals surface area contributed by atoms with E-state index in [9.17, 15) is 0 Å². The number of nitrogens with two attached hydrogens (primary N) is 1. The SMILES string of the molecule is Cc1cc(-c2ccc(Cl)cc2N)c(C)o1. The van der Waals surface area contributed by atoms with Crippen LogP contribution in [0.15, 0.2) is 28.7 Å². The quantitative estimate of drug-likeness (QED) is 0.744. The maximum absolute atomic E-state index is 5.91. The molecule has 0 atom stereocenters. The van der Waals surface area contributed by atoms with Crippen LogP contribution in [-0.2, 0) is 0 Å². The first-order chi connectivity index (χ1) is 7.08. The van der Waals surface area contributed by atoms with Gasteiger partial charge in [-0.2, -0.15) is 0 Å². The van der Waals surface area contributed by atoms with Crippen molar-refractivity contribution in [2.24, 2.45) is 0 Å². The van der Waals surface area contributed by atoms with E-state index in [1.165, 1.54) is 0 Å². The number of nitrogen functional groups attached to an aromatic ring is 1. The van der Waals surface area contributed by atoms with Crippen molar-refractivity contribution in [1.82, 2.24) is 0 Å². The molecule has 15 heavy (non-hydrogen) atoms. The molecule has 0 saturated heterocycles. The summed E-state index contributed by atoms with van der Waals surface area (Å²) in [5.41, 5.74) is 8.57. The zero-order valence-electron chi connectivity index (χ0n) is 8.67. The lowest BCUT2D eigenvalue weighted by molar-refractivity contribution is 0.505. The smallest absolute Gasteiger partial charge is 0.108 e. The Hall–Kier alpha value is -1.41. The third-order valence-electron chi connectivity index (χ3n) is 2.34. The van der Waals surface area contributed by atoms with Gasteiger partial charge in [-0.3, -0.25) is 0 Å². The summed E-state index contributed by atoms with van der Waals surface area (Å²) in [7, 11) is 0. The van der Waals surface area contributed by atoms with Crippen LogP contribution in [0.1, 0.15) is 11.5 Å². The van der Waals surface area contributed by atoms with Gasteiger partial charge in [-0.15, -0.1) is 0 Å². The fourth-order valence-corrected chi connectivity index (χ4v) is 1.86.